The van der Waals surface area contributed by atoms with E-state index in [1.807, 2.05) is 39.0 Å². The van der Waals surface area contributed by atoms with Crippen molar-refractivity contribution in [3.63, 3.8) is 0 Å². The lowest BCUT2D eigenvalue weighted by Gasteiger charge is -2.04. The molecule has 102 valence electrons. The molecule has 19 heavy (non-hydrogen) atoms. The van der Waals surface area contributed by atoms with Gasteiger partial charge >= 0.3 is 0 Å². The average molecular weight is 274 g/mol. The van der Waals surface area contributed by atoms with Gasteiger partial charge in [0, 0.05) is 18.0 Å². The molecule has 1 unspecified atom stereocenters. The van der Waals surface area contributed by atoms with Gasteiger partial charge < -0.3 is 4.98 Å². The lowest BCUT2D eigenvalue weighted by Crippen LogP contribution is -1.92. The third-order valence-corrected chi connectivity index (χ3v) is 2.78. The number of aromatic amines is 1. The van der Waals surface area contributed by atoms with Crippen LogP contribution in [-0.4, -0.2) is 16.6 Å². The van der Waals surface area contributed by atoms with Gasteiger partial charge in [-0.05, 0) is 31.0 Å². The fraction of sp³-hybridized carbons (Fsp3) is 0.312. The minimum absolute atomic E-state index is 0.992. The zero-order valence-electron chi connectivity index (χ0n) is 12.2. The first-order valence-electron chi connectivity index (χ1n) is 6.71. The number of H-pyrrole nitrogens is 1. The van der Waals surface area contributed by atoms with Crippen LogP contribution < -0.4 is 0 Å². The molecule has 2 heterocycles. The van der Waals surface area contributed by atoms with Crippen LogP contribution in [0, 0.1) is 0 Å². The molecule has 1 aliphatic carbocycles. The molecule has 2 aromatic heterocycles. The summed E-state index contributed by atoms with van der Waals surface area (Å²) in [7, 11) is 2.42. The van der Waals surface area contributed by atoms with Crippen molar-refractivity contribution < 1.29 is 0 Å². The maximum absolute atomic E-state index is 4.46. The fourth-order valence-corrected chi connectivity index (χ4v) is 2.13. The largest absolute Gasteiger partial charge is 0.359 e. The normalized spacial score (nSPS) is 11.5. The second-order valence-corrected chi connectivity index (χ2v) is 3.99. The Labute approximate surface area is 118 Å². The molecule has 0 amide bonds. The Bertz CT molecular complexity index is 541. The first-order valence-corrected chi connectivity index (χ1v) is 7.86. The quantitative estimate of drug-likeness (QED) is 0.701. The Morgan fingerprint density at radius 1 is 1.21 bits per heavy atom. The summed E-state index contributed by atoms with van der Waals surface area (Å²) in [6.45, 7) is 8.08. The number of fused-ring (bicyclic) bond motifs is 3. The summed E-state index contributed by atoms with van der Waals surface area (Å²) >= 11 is 0. The summed E-state index contributed by atoms with van der Waals surface area (Å²) in [6, 6.07) is 6.25. The summed E-state index contributed by atoms with van der Waals surface area (Å²) < 4.78 is 0. The van der Waals surface area contributed by atoms with Gasteiger partial charge in [0.05, 0.1) is 11.4 Å². The molecule has 0 spiro atoms. The van der Waals surface area contributed by atoms with Gasteiger partial charge in [0.15, 0.2) is 0 Å². The van der Waals surface area contributed by atoms with Crippen molar-refractivity contribution >= 4 is 15.3 Å². The van der Waals surface area contributed by atoms with Crippen molar-refractivity contribution in [2.75, 3.05) is 6.66 Å². The van der Waals surface area contributed by atoms with Crippen molar-refractivity contribution in [2.45, 2.75) is 27.2 Å². The van der Waals surface area contributed by atoms with E-state index < -0.39 is 0 Å². The summed E-state index contributed by atoms with van der Waals surface area (Å²) in [5.41, 5.74) is 6.15. The maximum atomic E-state index is 4.46. The van der Waals surface area contributed by atoms with Gasteiger partial charge in [-0.2, -0.15) is 0 Å². The zero-order valence-corrected chi connectivity index (χ0v) is 13.4. The van der Waals surface area contributed by atoms with Crippen LogP contribution in [0.15, 0.2) is 36.2 Å². The van der Waals surface area contributed by atoms with E-state index >= 15 is 0 Å². The molecule has 1 aliphatic rings. The van der Waals surface area contributed by atoms with E-state index in [0.717, 1.165) is 17.8 Å². The molecule has 0 bridgehead atoms. The monoisotopic (exact) mass is 274 g/mol. The second-order valence-electron chi connectivity index (χ2n) is 3.99. The average Bonchev–Trinajstić information content (AvgIpc) is 2.86. The molecule has 3 rings (SSSR count). The number of allylic oxidation sites excluding steroid dienone is 1. The standard InChI is InChI=1S/C13H12N2.C2H6.CH5P/c1-9-7-10-3-2-5-14-12(10)13-11(8-9)4-6-15-13;2*1-2/h2-6,8,15H,7H2,1H3;1-2H3;2H2,1H3. The summed E-state index contributed by atoms with van der Waals surface area (Å²) in [5.74, 6) is 0. The Kier molecular flexibility index (Phi) is 6.52. The molecule has 1 atom stereocenters. The van der Waals surface area contributed by atoms with Crippen molar-refractivity contribution in [1.29, 1.82) is 0 Å². The Hall–Kier alpha value is -1.40. The maximum Gasteiger partial charge on any atom is 0.0905 e. The molecule has 0 radical (unpaired) electrons. The van der Waals surface area contributed by atoms with Crippen LogP contribution in [0.1, 0.15) is 31.9 Å². The van der Waals surface area contributed by atoms with E-state index in [0.29, 0.717) is 0 Å². The van der Waals surface area contributed by atoms with Crippen molar-refractivity contribution in [1.82, 2.24) is 9.97 Å². The molecule has 2 nitrogen and oxygen atoms in total. The van der Waals surface area contributed by atoms with Crippen LogP contribution in [0.5, 0.6) is 0 Å². The Balaban J connectivity index is 0.000000415. The summed E-state index contributed by atoms with van der Waals surface area (Å²) in [5, 5.41) is 0. The highest BCUT2D eigenvalue weighted by molar-refractivity contribution is 7.15. The highest BCUT2D eigenvalue weighted by atomic mass is 31.0. The topological polar surface area (TPSA) is 28.7 Å². The predicted octanol–water partition coefficient (Wildman–Crippen LogP) is 4.55. The van der Waals surface area contributed by atoms with Crippen LogP contribution in [0.25, 0.3) is 17.5 Å². The third-order valence-electron chi connectivity index (χ3n) is 2.78. The molecule has 1 N–H and O–H groups in total. The van der Waals surface area contributed by atoms with Crippen LogP contribution >= 0.6 is 9.24 Å². The molecule has 0 aromatic carbocycles. The van der Waals surface area contributed by atoms with Gasteiger partial charge in [-0.3, -0.25) is 4.98 Å². The smallest absolute Gasteiger partial charge is 0.0905 e. The van der Waals surface area contributed by atoms with Crippen molar-refractivity contribution in [2.24, 2.45) is 0 Å². The van der Waals surface area contributed by atoms with Gasteiger partial charge in [0.1, 0.15) is 0 Å². The van der Waals surface area contributed by atoms with Gasteiger partial charge in [-0.15, -0.1) is 9.24 Å². The number of aromatic nitrogens is 2. The molecular formula is C16H23N2P. The second kappa shape index (κ2) is 7.91. The van der Waals surface area contributed by atoms with Gasteiger partial charge in [0.25, 0.3) is 0 Å². The van der Waals surface area contributed by atoms with Crippen LogP contribution in [0.3, 0.4) is 0 Å². The van der Waals surface area contributed by atoms with Crippen LogP contribution in [0.2, 0.25) is 0 Å². The molecule has 0 saturated carbocycles. The van der Waals surface area contributed by atoms with Gasteiger partial charge in [0.2, 0.25) is 0 Å². The molecule has 0 aliphatic heterocycles. The molecular weight excluding hydrogens is 251 g/mol. The highest BCUT2D eigenvalue weighted by Crippen LogP contribution is 2.30. The number of hydrogen-bond acceptors (Lipinski definition) is 1. The molecule has 0 saturated heterocycles. The van der Waals surface area contributed by atoms with E-state index in [1.165, 1.54) is 16.7 Å². The zero-order chi connectivity index (χ0) is 14.3. The Morgan fingerprint density at radius 3 is 2.68 bits per heavy atom. The number of nitrogens with zero attached hydrogens (tertiary/aromatic N) is 1. The number of nitrogens with one attached hydrogen (secondary N) is 1. The van der Waals surface area contributed by atoms with Crippen LogP contribution in [-0.2, 0) is 6.42 Å². The Morgan fingerprint density at radius 2 is 1.95 bits per heavy atom. The van der Waals surface area contributed by atoms with E-state index in [1.54, 1.807) is 0 Å². The molecule has 3 heteroatoms. The predicted molar refractivity (Wildman–Crippen MR) is 88.4 cm³/mol. The van der Waals surface area contributed by atoms with E-state index in [4.69, 9.17) is 0 Å². The van der Waals surface area contributed by atoms with E-state index in [2.05, 4.69) is 44.3 Å². The first-order chi connectivity index (χ1) is 9.34. The van der Waals surface area contributed by atoms with Crippen LogP contribution in [0.4, 0.5) is 0 Å². The minimum atomic E-state index is 0.992. The molecule has 0 fully saturated rings. The highest BCUT2D eigenvalue weighted by Gasteiger charge is 2.14. The molecule has 2 aromatic rings. The third kappa shape index (κ3) is 3.54. The SMILES string of the molecule is CC.CC1=Cc2cc[nH]c2-c2ncccc2C1.CP. The van der Waals surface area contributed by atoms with E-state index in [9.17, 15) is 0 Å². The van der Waals surface area contributed by atoms with Crippen molar-refractivity contribution in [3.8, 4) is 11.4 Å². The lowest BCUT2D eigenvalue weighted by atomic mass is 10.1. The van der Waals surface area contributed by atoms with Gasteiger partial charge in [-0.1, -0.05) is 38.2 Å². The fourth-order valence-electron chi connectivity index (χ4n) is 2.13. The van der Waals surface area contributed by atoms with Gasteiger partial charge in [-0.25, -0.2) is 0 Å². The first kappa shape index (κ1) is 15.7. The number of hydrogen-bond donors (Lipinski definition) is 1. The minimum Gasteiger partial charge on any atom is -0.359 e. The number of rotatable bonds is 0. The summed E-state index contributed by atoms with van der Waals surface area (Å²) in [4.78, 5) is 7.73. The van der Waals surface area contributed by atoms with E-state index in [-0.39, 0.29) is 0 Å². The van der Waals surface area contributed by atoms with Crippen molar-refractivity contribution in [3.05, 3.63) is 47.3 Å². The number of pyridine rings is 1. The lowest BCUT2D eigenvalue weighted by molar-refractivity contribution is 1.13. The summed E-state index contributed by atoms with van der Waals surface area (Å²) in [6.07, 6.45) is 7.04.